The molecule has 0 radical (unpaired) electrons. The van der Waals surface area contributed by atoms with E-state index < -0.39 is 0 Å². The van der Waals surface area contributed by atoms with Crippen LogP contribution in [-0.4, -0.2) is 11.9 Å². The molecular formula is C14H19ClINO. The first-order chi connectivity index (χ1) is 8.40. The van der Waals surface area contributed by atoms with Crippen LogP contribution < -0.4 is 5.32 Å². The molecule has 2 nitrogen and oxygen atoms in total. The van der Waals surface area contributed by atoms with Crippen LogP contribution in [0.15, 0.2) is 18.2 Å². The number of carbonyl (C=O) groups excluding carboxylic acids is 1. The third kappa shape index (κ3) is 5.14. The second-order valence-corrected chi connectivity index (χ2v) is 6.54. The van der Waals surface area contributed by atoms with Gasteiger partial charge in [0.25, 0.3) is 5.91 Å². The molecule has 1 amide bonds. The molecule has 1 unspecified atom stereocenters. The van der Waals surface area contributed by atoms with E-state index in [4.69, 9.17) is 11.6 Å². The van der Waals surface area contributed by atoms with E-state index in [1.807, 2.05) is 13.0 Å². The number of hydrogen-bond donors (Lipinski definition) is 1. The van der Waals surface area contributed by atoms with Crippen LogP contribution in [0.1, 0.15) is 44.0 Å². The summed E-state index contributed by atoms with van der Waals surface area (Å²) in [6.45, 7) is 6.41. The van der Waals surface area contributed by atoms with Gasteiger partial charge < -0.3 is 5.32 Å². The summed E-state index contributed by atoms with van der Waals surface area (Å²) < 4.78 is 0.957. The molecule has 0 saturated heterocycles. The molecule has 4 heteroatoms. The number of benzene rings is 1. The van der Waals surface area contributed by atoms with Gasteiger partial charge in [-0.15, -0.1) is 0 Å². The van der Waals surface area contributed by atoms with Gasteiger partial charge in [0.05, 0.1) is 5.02 Å². The Bertz CT molecular complexity index is 420. The van der Waals surface area contributed by atoms with E-state index in [0.717, 1.165) is 16.4 Å². The molecule has 18 heavy (non-hydrogen) atoms. The van der Waals surface area contributed by atoms with Crippen LogP contribution in [0.2, 0.25) is 5.02 Å². The van der Waals surface area contributed by atoms with Crippen molar-refractivity contribution >= 4 is 40.1 Å². The van der Waals surface area contributed by atoms with Crippen LogP contribution in [0.25, 0.3) is 0 Å². The van der Waals surface area contributed by atoms with E-state index in [9.17, 15) is 4.79 Å². The third-order valence-corrected chi connectivity index (χ3v) is 4.31. The van der Waals surface area contributed by atoms with Gasteiger partial charge in [-0.3, -0.25) is 4.79 Å². The monoisotopic (exact) mass is 379 g/mol. The summed E-state index contributed by atoms with van der Waals surface area (Å²) in [5, 5.41) is 3.62. The highest BCUT2D eigenvalue weighted by Crippen LogP contribution is 2.19. The predicted octanol–water partition coefficient (Wildman–Crippen LogP) is 4.50. The Morgan fingerprint density at radius 1 is 1.33 bits per heavy atom. The fraction of sp³-hybridized carbons (Fsp3) is 0.500. The van der Waals surface area contributed by atoms with Gasteiger partial charge in [0.15, 0.2) is 0 Å². The lowest BCUT2D eigenvalue weighted by Crippen LogP contribution is -2.32. The molecule has 0 aliphatic rings. The maximum atomic E-state index is 12.0. The van der Waals surface area contributed by atoms with Crippen LogP contribution in [-0.2, 0) is 0 Å². The predicted molar refractivity (Wildman–Crippen MR) is 85.2 cm³/mol. The van der Waals surface area contributed by atoms with Crippen LogP contribution >= 0.6 is 34.2 Å². The Morgan fingerprint density at radius 2 is 2.00 bits per heavy atom. The molecule has 1 aromatic carbocycles. The minimum absolute atomic E-state index is 0.0513. The van der Waals surface area contributed by atoms with E-state index in [2.05, 4.69) is 41.8 Å². The summed E-state index contributed by atoms with van der Waals surface area (Å²) in [5.74, 6) is 0.613. The molecule has 0 fully saturated rings. The van der Waals surface area contributed by atoms with Gasteiger partial charge in [0.2, 0.25) is 0 Å². The van der Waals surface area contributed by atoms with Crippen LogP contribution in [0.5, 0.6) is 0 Å². The second-order valence-electron chi connectivity index (χ2n) is 4.97. The van der Waals surface area contributed by atoms with Gasteiger partial charge in [0.1, 0.15) is 0 Å². The standard InChI is InChI=1S/C14H19ClINO/c1-9(2)4-5-10(3)17-14(18)11-6-7-13(16)12(15)8-11/h6-10H,4-5H2,1-3H3,(H,17,18). The van der Waals surface area contributed by atoms with Crippen molar-refractivity contribution in [3.8, 4) is 0 Å². The van der Waals surface area contributed by atoms with Crippen LogP contribution in [0.3, 0.4) is 0 Å². The smallest absolute Gasteiger partial charge is 0.251 e. The topological polar surface area (TPSA) is 29.1 Å². The van der Waals surface area contributed by atoms with Crippen molar-refractivity contribution in [3.63, 3.8) is 0 Å². The van der Waals surface area contributed by atoms with E-state index >= 15 is 0 Å². The minimum atomic E-state index is -0.0513. The normalized spacial score (nSPS) is 12.6. The van der Waals surface area contributed by atoms with Crippen molar-refractivity contribution in [3.05, 3.63) is 32.4 Å². The fourth-order valence-electron chi connectivity index (χ4n) is 1.60. The molecule has 0 bridgehead atoms. The van der Waals surface area contributed by atoms with E-state index in [1.165, 1.54) is 0 Å². The molecule has 0 spiro atoms. The van der Waals surface area contributed by atoms with Gasteiger partial charge >= 0.3 is 0 Å². The Labute approximate surface area is 128 Å². The number of nitrogens with one attached hydrogen (secondary N) is 1. The molecule has 100 valence electrons. The first-order valence-corrected chi connectivity index (χ1v) is 7.61. The van der Waals surface area contributed by atoms with Crippen LogP contribution in [0.4, 0.5) is 0 Å². The second kappa shape index (κ2) is 7.34. The number of rotatable bonds is 5. The van der Waals surface area contributed by atoms with Crippen LogP contribution in [0, 0.1) is 9.49 Å². The molecule has 1 N–H and O–H groups in total. The van der Waals surface area contributed by atoms with Gasteiger partial charge in [-0.25, -0.2) is 0 Å². The summed E-state index contributed by atoms with van der Waals surface area (Å²) in [6, 6.07) is 5.57. The van der Waals surface area contributed by atoms with Gasteiger partial charge in [-0.1, -0.05) is 25.4 Å². The molecular weight excluding hydrogens is 361 g/mol. The molecule has 0 aliphatic heterocycles. The molecule has 0 aliphatic carbocycles. The largest absolute Gasteiger partial charge is 0.350 e. The summed E-state index contributed by atoms with van der Waals surface area (Å²) >= 11 is 8.16. The summed E-state index contributed by atoms with van der Waals surface area (Å²) in [7, 11) is 0. The van der Waals surface area contributed by atoms with Crippen molar-refractivity contribution in [2.24, 2.45) is 5.92 Å². The molecule has 1 atom stereocenters. The van der Waals surface area contributed by atoms with E-state index in [-0.39, 0.29) is 11.9 Å². The number of carbonyl (C=O) groups is 1. The van der Waals surface area contributed by atoms with Gasteiger partial charge in [-0.05, 0) is 66.5 Å². The first kappa shape index (κ1) is 15.8. The minimum Gasteiger partial charge on any atom is -0.350 e. The van der Waals surface area contributed by atoms with E-state index in [0.29, 0.717) is 16.5 Å². The zero-order chi connectivity index (χ0) is 13.7. The van der Waals surface area contributed by atoms with Crippen molar-refractivity contribution in [1.29, 1.82) is 0 Å². The third-order valence-electron chi connectivity index (χ3n) is 2.74. The highest BCUT2D eigenvalue weighted by molar-refractivity contribution is 14.1. The van der Waals surface area contributed by atoms with Crippen molar-refractivity contribution < 1.29 is 4.79 Å². The zero-order valence-corrected chi connectivity index (χ0v) is 13.9. The lowest BCUT2D eigenvalue weighted by Gasteiger charge is -2.15. The molecule has 0 saturated carbocycles. The molecule has 1 rings (SSSR count). The van der Waals surface area contributed by atoms with Gasteiger partial charge in [0, 0.05) is 15.2 Å². The highest BCUT2D eigenvalue weighted by Gasteiger charge is 2.11. The number of amides is 1. The number of halogens is 2. The first-order valence-electron chi connectivity index (χ1n) is 6.16. The number of hydrogen-bond acceptors (Lipinski definition) is 1. The summed E-state index contributed by atoms with van der Waals surface area (Å²) in [4.78, 5) is 12.0. The zero-order valence-electron chi connectivity index (χ0n) is 11.0. The Morgan fingerprint density at radius 3 is 2.56 bits per heavy atom. The molecule has 0 aromatic heterocycles. The Balaban J connectivity index is 2.56. The molecule has 1 aromatic rings. The maximum absolute atomic E-state index is 12.0. The van der Waals surface area contributed by atoms with Crippen molar-refractivity contribution in [1.82, 2.24) is 5.32 Å². The van der Waals surface area contributed by atoms with E-state index in [1.54, 1.807) is 12.1 Å². The van der Waals surface area contributed by atoms with Crippen molar-refractivity contribution in [2.75, 3.05) is 0 Å². The SMILES string of the molecule is CC(C)CCC(C)NC(=O)c1ccc(I)c(Cl)c1. The van der Waals surface area contributed by atoms with Crippen molar-refractivity contribution in [2.45, 2.75) is 39.7 Å². The fourth-order valence-corrected chi connectivity index (χ4v) is 2.12. The summed E-state index contributed by atoms with van der Waals surface area (Å²) in [6.07, 6.45) is 2.12. The lowest BCUT2D eigenvalue weighted by molar-refractivity contribution is 0.0937. The average Bonchev–Trinajstić information content (AvgIpc) is 2.30. The van der Waals surface area contributed by atoms with Gasteiger partial charge in [-0.2, -0.15) is 0 Å². The Hall–Kier alpha value is -0.290. The lowest BCUT2D eigenvalue weighted by atomic mass is 10.0. The quantitative estimate of drug-likeness (QED) is 0.750. The highest BCUT2D eigenvalue weighted by atomic mass is 127. The maximum Gasteiger partial charge on any atom is 0.251 e. The molecule has 0 heterocycles. The Kier molecular flexibility index (Phi) is 6.43. The average molecular weight is 380 g/mol. The summed E-state index contributed by atoms with van der Waals surface area (Å²) in [5.41, 5.74) is 0.622.